The largest absolute Gasteiger partial charge is 0.307 e. The Morgan fingerprint density at radius 2 is 2.10 bits per heavy atom. The molecule has 0 bridgehead atoms. The van der Waals surface area contributed by atoms with Crippen LogP contribution in [0.25, 0.3) is 0 Å². The number of hydrogen-bond donors (Lipinski definition) is 1. The molecular formula is C15H15BrFN3O. The zero-order chi connectivity index (χ0) is 14.8. The summed E-state index contributed by atoms with van der Waals surface area (Å²) in [5, 5.41) is 7.03. The average Bonchev–Trinajstić information content (AvgIpc) is 3.08. The van der Waals surface area contributed by atoms with Gasteiger partial charge in [-0.3, -0.25) is 4.79 Å². The summed E-state index contributed by atoms with van der Waals surface area (Å²) in [6.07, 6.45) is 6.15. The van der Waals surface area contributed by atoms with Crippen LogP contribution in [-0.4, -0.2) is 15.7 Å². The van der Waals surface area contributed by atoms with Crippen molar-refractivity contribution in [3.8, 4) is 0 Å². The molecule has 0 spiro atoms. The predicted molar refractivity (Wildman–Crippen MR) is 81.8 cm³/mol. The molecule has 1 aromatic heterocycles. The maximum Gasteiger partial charge on any atom is 0.259 e. The summed E-state index contributed by atoms with van der Waals surface area (Å²) >= 11 is 3.18. The van der Waals surface area contributed by atoms with Crippen molar-refractivity contribution in [1.82, 2.24) is 9.78 Å². The molecule has 1 aromatic carbocycles. The van der Waals surface area contributed by atoms with E-state index in [0.717, 1.165) is 12.8 Å². The van der Waals surface area contributed by atoms with E-state index < -0.39 is 11.7 Å². The highest BCUT2D eigenvalue weighted by Crippen LogP contribution is 2.31. The summed E-state index contributed by atoms with van der Waals surface area (Å²) in [7, 11) is 0. The van der Waals surface area contributed by atoms with Crippen LogP contribution in [0.4, 0.5) is 10.2 Å². The van der Waals surface area contributed by atoms with Crippen LogP contribution in [0.15, 0.2) is 34.9 Å². The lowest BCUT2D eigenvalue weighted by Crippen LogP contribution is -2.18. The third-order valence-electron chi connectivity index (χ3n) is 3.76. The molecule has 1 aliphatic rings. The molecular weight excluding hydrogens is 337 g/mol. The first-order chi connectivity index (χ1) is 10.1. The lowest BCUT2D eigenvalue weighted by molar-refractivity contribution is 0.102. The molecule has 3 rings (SSSR count). The van der Waals surface area contributed by atoms with Gasteiger partial charge >= 0.3 is 0 Å². The topological polar surface area (TPSA) is 46.9 Å². The van der Waals surface area contributed by atoms with E-state index >= 15 is 0 Å². The van der Waals surface area contributed by atoms with Gasteiger partial charge in [-0.25, -0.2) is 9.07 Å². The van der Waals surface area contributed by atoms with Crippen molar-refractivity contribution in [2.45, 2.75) is 31.7 Å². The van der Waals surface area contributed by atoms with Gasteiger partial charge in [-0.1, -0.05) is 28.8 Å². The van der Waals surface area contributed by atoms with Crippen LogP contribution >= 0.6 is 15.9 Å². The Bertz CT molecular complexity index is 665. The number of anilines is 1. The van der Waals surface area contributed by atoms with Crippen molar-refractivity contribution >= 4 is 27.7 Å². The Balaban J connectivity index is 1.80. The van der Waals surface area contributed by atoms with Gasteiger partial charge in [0, 0.05) is 10.5 Å². The highest BCUT2D eigenvalue weighted by Gasteiger charge is 2.21. The van der Waals surface area contributed by atoms with Crippen molar-refractivity contribution in [2.24, 2.45) is 0 Å². The minimum atomic E-state index is -0.547. The molecule has 1 amide bonds. The first-order valence-electron chi connectivity index (χ1n) is 6.95. The second-order valence-corrected chi connectivity index (χ2v) is 6.09. The van der Waals surface area contributed by atoms with Gasteiger partial charge in [0.1, 0.15) is 11.6 Å². The molecule has 1 saturated carbocycles. The van der Waals surface area contributed by atoms with Crippen LogP contribution in [-0.2, 0) is 0 Å². The fourth-order valence-corrected chi connectivity index (χ4v) is 3.04. The lowest BCUT2D eigenvalue weighted by atomic mass is 10.2. The molecule has 0 atom stereocenters. The molecule has 2 aromatic rings. The SMILES string of the molecule is O=C(Nc1ccnn1C1CCCC1)c1ccc(Br)cc1F. The third-order valence-corrected chi connectivity index (χ3v) is 4.25. The number of carbonyl (C=O) groups is 1. The van der Waals surface area contributed by atoms with Crippen molar-refractivity contribution in [3.63, 3.8) is 0 Å². The minimum absolute atomic E-state index is 0.0253. The molecule has 1 fully saturated rings. The molecule has 1 aliphatic carbocycles. The summed E-state index contributed by atoms with van der Waals surface area (Å²) in [6.45, 7) is 0. The highest BCUT2D eigenvalue weighted by atomic mass is 79.9. The van der Waals surface area contributed by atoms with Crippen LogP contribution in [0.5, 0.6) is 0 Å². The van der Waals surface area contributed by atoms with Gasteiger partial charge in [-0.2, -0.15) is 5.10 Å². The van der Waals surface area contributed by atoms with Gasteiger partial charge in [0.05, 0.1) is 17.8 Å². The van der Waals surface area contributed by atoms with Crippen molar-refractivity contribution in [3.05, 3.63) is 46.3 Å². The fraction of sp³-hybridized carbons (Fsp3) is 0.333. The minimum Gasteiger partial charge on any atom is -0.307 e. The summed E-state index contributed by atoms with van der Waals surface area (Å²) in [5.74, 6) is -0.386. The lowest BCUT2D eigenvalue weighted by Gasteiger charge is -2.14. The van der Waals surface area contributed by atoms with E-state index in [1.54, 1.807) is 18.3 Å². The van der Waals surface area contributed by atoms with Gasteiger partial charge in [0.2, 0.25) is 0 Å². The Hall–Kier alpha value is -1.69. The number of nitrogens with one attached hydrogen (secondary N) is 1. The Kier molecular flexibility index (Phi) is 4.05. The fourth-order valence-electron chi connectivity index (χ4n) is 2.71. The number of hydrogen-bond acceptors (Lipinski definition) is 2. The molecule has 6 heteroatoms. The molecule has 1 heterocycles. The number of nitrogens with zero attached hydrogens (tertiary/aromatic N) is 2. The normalized spacial score (nSPS) is 15.3. The van der Waals surface area contributed by atoms with E-state index in [4.69, 9.17) is 0 Å². The van der Waals surface area contributed by atoms with E-state index in [2.05, 4.69) is 26.3 Å². The number of benzene rings is 1. The van der Waals surface area contributed by atoms with Crippen LogP contribution in [0.1, 0.15) is 42.1 Å². The molecule has 4 nitrogen and oxygen atoms in total. The Labute approximate surface area is 130 Å². The van der Waals surface area contributed by atoms with Gasteiger partial charge in [-0.15, -0.1) is 0 Å². The first kappa shape index (κ1) is 14.3. The second kappa shape index (κ2) is 5.97. The summed E-state index contributed by atoms with van der Waals surface area (Å²) < 4.78 is 16.3. The van der Waals surface area contributed by atoms with E-state index in [1.165, 1.54) is 25.0 Å². The average molecular weight is 352 g/mol. The second-order valence-electron chi connectivity index (χ2n) is 5.18. The van der Waals surface area contributed by atoms with Crippen LogP contribution in [0, 0.1) is 5.82 Å². The Morgan fingerprint density at radius 1 is 1.33 bits per heavy atom. The smallest absolute Gasteiger partial charge is 0.259 e. The third kappa shape index (κ3) is 3.00. The maximum atomic E-state index is 13.8. The zero-order valence-corrected chi connectivity index (χ0v) is 12.9. The quantitative estimate of drug-likeness (QED) is 0.902. The van der Waals surface area contributed by atoms with E-state index in [1.807, 2.05) is 4.68 Å². The first-order valence-corrected chi connectivity index (χ1v) is 7.74. The summed E-state index contributed by atoms with van der Waals surface area (Å²) in [6, 6.07) is 6.46. The highest BCUT2D eigenvalue weighted by molar-refractivity contribution is 9.10. The number of amides is 1. The Morgan fingerprint density at radius 3 is 2.81 bits per heavy atom. The van der Waals surface area contributed by atoms with Crippen LogP contribution in [0.3, 0.4) is 0 Å². The van der Waals surface area contributed by atoms with E-state index in [-0.39, 0.29) is 5.56 Å². The molecule has 0 radical (unpaired) electrons. The van der Waals surface area contributed by atoms with Crippen LogP contribution < -0.4 is 5.32 Å². The standard InChI is InChI=1S/C15H15BrFN3O/c16-10-5-6-12(13(17)9-10)15(21)19-14-7-8-18-20(14)11-3-1-2-4-11/h5-9,11H,1-4H2,(H,19,21). The molecule has 0 unspecified atom stereocenters. The monoisotopic (exact) mass is 351 g/mol. The van der Waals surface area contributed by atoms with Crippen molar-refractivity contribution < 1.29 is 9.18 Å². The predicted octanol–water partition coefficient (Wildman–Crippen LogP) is 4.15. The van der Waals surface area contributed by atoms with Gasteiger partial charge in [0.15, 0.2) is 0 Å². The molecule has 0 saturated heterocycles. The van der Waals surface area contributed by atoms with Crippen molar-refractivity contribution in [2.75, 3.05) is 5.32 Å². The van der Waals surface area contributed by atoms with E-state index in [9.17, 15) is 9.18 Å². The van der Waals surface area contributed by atoms with Crippen molar-refractivity contribution in [1.29, 1.82) is 0 Å². The number of rotatable bonds is 3. The molecule has 21 heavy (non-hydrogen) atoms. The molecule has 110 valence electrons. The van der Waals surface area contributed by atoms with Gasteiger partial charge in [-0.05, 0) is 31.0 Å². The molecule has 1 N–H and O–H groups in total. The van der Waals surface area contributed by atoms with Crippen LogP contribution in [0.2, 0.25) is 0 Å². The number of halogens is 2. The summed E-state index contributed by atoms with van der Waals surface area (Å²) in [4.78, 5) is 12.2. The number of aromatic nitrogens is 2. The van der Waals surface area contributed by atoms with Gasteiger partial charge < -0.3 is 5.32 Å². The molecule has 0 aliphatic heterocycles. The van der Waals surface area contributed by atoms with E-state index in [0.29, 0.717) is 16.3 Å². The maximum absolute atomic E-state index is 13.8. The summed E-state index contributed by atoms with van der Waals surface area (Å²) in [5.41, 5.74) is 0.0253. The number of carbonyl (C=O) groups excluding carboxylic acids is 1. The van der Waals surface area contributed by atoms with Gasteiger partial charge in [0.25, 0.3) is 5.91 Å². The zero-order valence-electron chi connectivity index (χ0n) is 11.4.